The maximum absolute atomic E-state index is 14.0. The van der Waals surface area contributed by atoms with Gasteiger partial charge in [-0.2, -0.15) is 4.68 Å². The summed E-state index contributed by atoms with van der Waals surface area (Å²) in [6.07, 6.45) is 3.35. The van der Waals surface area contributed by atoms with Gasteiger partial charge in [-0.3, -0.25) is 4.79 Å². The zero-order chi connectivity index (χ0) is 16.4. The predicted octanol–water partition coefficient (Wildman–Crippen LogP) is 2.14. The number of hydrogen-bond donors (Lipinski definition) is 2. The van der Waals surface area contributed by atoms with Gasteiger partial charge in [0, 0.05) is 6.04 Å². The normalized spacial score (nSPS) is 13.6. The molecule has 3 rings (SSSR count). The van der Waals surface area contributed by atoms with Gasteiger partial charge in [-0.1, -0.05) is 6.07 Å². The quantitative estimate of drug-likeness (QED) is 0.627. The molecule has 0 aliphatic heterocycles. The van der Waals surface area contributed by atoms with Crippen LogP contribution in [-0.2, 0) is 11.3 Å². The zero-order valence-corrected chi connectivity index (χ0v) is 12.0. The predicted molar refractivity (Wildman–Crippen MR) is 80.6 cm³/mol. The third kappa shape index (κ3) is 3.62. The molecule has 1 saturated carbocycles. The molecule has 0 bridgehead atoms. The fourth-order valence-electron chi connectivity index (χ4n) is 2.08. The number of halogens is 1. The Kier molecular flexibility index (Phi) is 3.92. The van der Waals surface area contributed by atoms with Crippen molar-refractivity contribution in [1.29, 1.82) is 0 Å². The van der Waals surface area contributed by atoms with Gasteiger partial charge in [0.15, 0.2) is 0 Å². The van der Waals surface area contributed by atoms with Gasteiger partial charge < -0.3 is 20.7 Å². The van der Waals surface area contributed by atoms with E-state index in [1.807, 2.05) is 0 Å². The van der Waals surface area contributed by atoms with Crippen LogP contribution in [0, 0.1) is 15.9 Å². The Morgan fingerprint density at radius 1 is 1.43 bits per heavy atom. The first-order valence-electron chi connectivity index (χ1n) is 7.05. The summed E-state index contributed by atoms with van der Waals surface area (Å²) in [4.78, 5) is 21.9. The van der Waals surface area contributed by atoms with Crippen LogP contribution < -0.4 is 10.6 Å². The molecule has 2 N–H and O–H groups in total. The highest BCUT2D eigenvalue weighted by Gasteiger charge is 2.23. The molecule has 0 unspecified atom stereocenters. The largest absolute Gasteiger partial charge is 0.389 e. The Morgan fingerprint density at radius 2 is 2.22 bits per heavy atom. The number of hydrogen-bond acceptors (Lipinski definition) is 5. The first-order chi connectivity index (χ1) is 11.0. The molecular formula is C14H14FN5O3. The fourth-order valence-corrected chi connectivity index (χ4v) is 2.08. The zero-order valence-electron chi connectivity index (χ0n) is 12.0. The highest BCUT2D eigenvalue weighted by molar-refractivity contribution is 5.94. The van der Waals surface area contributed by atoms with Crippen LogP contribution in [0.15, 0.2) is 30.5 Å². The smallest absolute Gasteiger partial charge is 0.381 e. The third-order valence-electron chi connectivity index (χ3n) is 3.33. The molecule has 120 valence electrons. The van der Waals surface area contributed by atoms with Crippen LogP contribution in [0.3, 0.4) is 0 Å². The average molecular weight is 319 g/mol. The van der Waals surface area contributed by atoms with E-state index < -0.39 is 16.6 Å². The second-order valence-corrected chi connectivity index (χ2v) is 5.26. The number of nitrogens with one attached hydrogen (secondary N) is 2. The van der Waals surface area contributed by atoms with Crippen molar-refractivity contribution in [3.05, 3.63) is 46.4 Å². The molecule has 9 heteroatoms. The molecule has 23 heavy (non-hydrogen) atoms. The summed E-state index contributed by atoms with van der Waals surface area (Å²) in [5.74, 6) is -1.41. The molecular weight excluding hydrogens is 305 g/mol. The van der Waals surface area contributed by atoms with E-state index in [2.05, 4.69) is 15.7 Å². The number of amides is 1. The molecule has 1 fully saturated rings. The van der Waals surface area contributed by atoms with E-state index in [4.69, 9.17) is 0 Å². The molecule has 0 saturated heterocycles. The van der Waals surface area contributed by atoms with Gasteiger partial charge in [0.05, 0.1) is 23.0 Å². The molecule has 1 amide bonds. The van der Waals surface area contributed by atoms with E-state index in [9.17, 15) is 19.3 Å². The fraction of sp³-hybridized carbons (Fsp3) is 0.286. The van der Waals surface area contributed by atoms with Crippen LogP contribution in [0.1, 0.15) is 12.8 Å². The minimum Gasteiger partial charge on any atom is -0.381 e. The Labute approximate surface area is 130 Å². The molecule has 0 radical (unpaired) electrons. The van der Waals surface area contributed by atoms with Crippen molar-refractivity contribution in [2.45, 2.75) is 25.4 Å². The number of benzene rings is 1. The minimum absolute atomic E-state index is 0.0751. The summed E-state index contributed by atoms with van der Waals surface area (Å²) in [6.45, 7) is -0.245. The first kappa shape index (κ1) is 14.9. The molecule has 1 aliphatic carbocycles. The van der Waals surface area contributed by atoms with Crippen LogP contribution in [-0.4, -0.2) is 26.7 Å². The lowest BCUT2D eigenvalue weighted by molar-refractivity contribution is -0.389. The average Bonchev–Trinajstić information content (AvgIpc) is 3.18. The number of nitrogens with zero attached hydrogens (tertiary/aromatic N) is 3. The molecule has 1 heterocycles. The van der Waals surface area contributed by atoms with Crippen molar-refractivity contribution in [1.82, 2.24) is 9.78 Å². The lowest BCUT2D eigenvalue weighted by Gasteiger charge is -2.13. The van der Waals surface area contributed by atoms with Crippen LogP contribution in [0.2, 0.25) is 0 Å². The molecule has 8 nitrogen and oxygen atoms in total. The lowest BCUT2D eigenvalue weighted by atomic mass is 10.2. The van der Waals surface area contributed by atoms with Crippen LogP contribution in [0.4, 0.5) is 21.6 Å². The summed E-state index contributed by atoms with van der Waals surface area (Å²) in [5, 5.41) is 19.8. The SMILES string of the molecule is O=C(Cn1ccc([N+](=O)[O-])n1)Nc1c(F)cccc1NC1CC1. The summed E-state index contributed by atoms with van der Waals surface area (Å²) in [6, 6.07) is 6.01. The number of anilines is 2. The van der Waals surface area contributed by atoms with E-state index in [1.54, 1.807) is 12.1 Å². The Bertz CT molecular complexity index is 757. The Balaban J connectivity index is 1.70. The van der Waals surface area contributed by atoms with Gasteiger partial charge in [-0.05, 0) is 29.9 Å². The number of carbonyl (C=O) groups is 1. The number of rotatable bonds is 6. The van der Waals surface area contributed by atoms with Gasteiger partial charge in [0.2, 0.25) is 5.91 Å². The molecule has 0 spiro atoms. The molecule has 1 aromatic carbocycles. The van der Waals surface area contributed by atoms with Crippen LogP contribution >= 0.6 is 0 Å². The molecule has 1 aliphatic rings. The highest BCUT2D eigenvalue weighted by Crippen LogP contribution is 2.31. The van der Waals surface area contributed by atoms with Gasteiger partial charge in [-0.15, -0.1) is 0 Å². The lowest BCUT2D eigenvalue weighted by Crippen LogP contribution is -2.21. The van der Waals surface area contributed by atoms with E-state index in [0.717, 1.165) is 17.5 Å². The van der Waals surface area contributed by atoms with Crippen molar-refractivity contribution in [3.8, 4) is 0 Å². The highest BCUT2D eigenvalue weighted by atomic mass is 19.1. The van der Waals surface area contributed by atoms with Crippen molar-refractivity contribution in [2.75, 3.05) is 10.6 Å². The van der Waals surface area contributed by atoms with Crippen LogP contribution in [0.5, 0.6) is 0 Å². The Hall–Kier alpha value is -2.97. The van der Waals surface area contributed by atoms with Gasteiger partial charge in [0.1, 0.15) is 18.0 Å². The minimum atomic E-state index is -0.650. The monoisotopic (exact) mass is 319 g/mol. The van der Waals surface area contributed by atoms with Gasteiger partial charge in [-0.25, -0.2) is 4.39 Å². The van der Waals surface area contributed by atoms with Gasteiger partial charge in [0.25, 0.3) is 0 Å². The van der Waals surface area contributed by atoms with E-state index in [0.29, 0.717) is 11.7 Å². The number of para-hydroxylation sites is 1. The number of nitro groups is 1. The summed E-state index contributed by atoms with van der Waals surface area (Å²) < 4.78 is 15.1. The summed E-state index contributed by atoms with van der Waals surface area (Å²) in [7, 11) is 0. The number of carbonyl (C=O) groups excluding carboxylic acids is 1. The van der Waals surface area contributed by atoms with Crippen LogP contribution in [0.25, 0.3) is 0 Å². The standard InChI is InChI=1S/C14H14FN5O3/c15-10-2-1-3-11(16-9-4-5-9)14(10)17-13(21)8-19-7-6-12(18-19)20(22)23/h1-3,6-7,9,16H,4-5,8H2,(H,17,21). The van der Waals surface area contributed by atoms with Gasteiger partial charge >= 0.3 is 5.82 Å². The van der Waals surface area contributed by atoms with Crippen molar-refractivity contribution in [3.63, 3.8) is 0 Å². The first-order valence-corrected chi connectivity index (χ1v) is 7.05. The second-order valence-electron chi connectivity index (χ2n) is 5.26. The van der Waals surface area contributed by atoms with E-state index >= 15 is 0 Å². The van der Waals surface area contributed by atoms with E-state index in [1.165, 1.54) is 18.3 Å². The molecule has 0 atom stereocenters. The summed E-state index contributed by atoms with van der Waals surface area (Å²) in [5.41, 5.74) is 0.596. The number of aromatic nitrogens is 2. The van der Waals surface area contributed by atoms with Crippen molar-refractivity contribution < 1.29 is 14.1 Å². The van der Waals surface area contributed by atoms with Crippen molar-refractivity contribution >= 4 is 23.1 Å². The summed E-state index contributed by atoms with van der Waals surface area (Å²) >= 11 is 0. The molecule has 1 aromatic heterocycles. The second kappa shape index (κ2) is 6.03. The van der Waals surface area contributed by atoms with Crippen molar-refractivity contribution in [2.24, 2.45) is 0 Å². The molecule has 2 aromatic rings. The Morgan fingerprint density at radius 3 is 2.87 bits per heavy atom. The topological polar surface area (TPSA) is 102 Å². The maximum Gasteiger partial charge on any atom is 0.389 e. The van der Waals surface area contributed by atoms with E-state index in [-0.39, 0.29) is 18.1 Å². The third-order valence-corrected chi connectivity index (χ3v) is 3.33. The maximum atomic E-state index is 14.0.